The van der Waals surface area contributed by atoms with E-state index in [1.165, 1.54) is 0 Å². The molecule has 15 heavy (non-hydrogen) atoms. The molecule has 1 unspecified atom stereocenters. The van der Waals surface area contributed by atoms with Gasteiger partial charge in [-0.1, -0.05) is 25.3 Å². The van der Waals surface area contributed by atoms with Crippen LogP contribution in [-0.4, -0.2) is 6.04 Å². The maximum absolute atomic E-state index is 8.74. The van der Waals surface area contributed by atoms with Crippen molar-refractivity contribution in [3.63, 3.8) is 0 Å². The number of nitriles is 1. The smallest absolute Gasteiger partial charge is 0.0992 e. The molecule has 0 aliphatic rings. The second kappa shape index (κ2) is 5.73. The molecule has 0 aliphatic heterocycles. The van der Waals surface area contributed by atoms with Gasteiger partial charge in [0.2, 0.25) is 0 Å². The molecule has 1 atom stereocenters. The Morgan fingerprint density at radius 1 is 1.53 bits per heavy atom. The molecule has 76 valence electrons. The Labute approximate surface area is 90.9 Å². The van der Waals surface area contributed by atoms with E-state index in [9.17, 15) is 0 Å². The molecule has 0 fully saturated rings. The summed E-state index contributed by atoms with van der Waals surface area (Å²) in [7, 11) is 0. The molecular weight excluding hydrogens is 184 g/mol. The number of nitrogens with zero attached hydrogens (tertiary/aromatic N) is 1. The molecule has 0 radical (unpaired) electrons. The molecule has 0 amide bonds. The lowest BCUT2D eigenvalue weighted by Crippen LogP contribution is -2.16. The summed E-state index contributed by atoms with van der Waals surface area (Å²) >= 11 is 0. The minimum absolute atomic E-state index is 0.0453. The zero-order chi connectivity index (χ0) is 11.1. The molecule has 0 aliphatic carbocycles. The first-order valence-electron chi connectivity index (χ1n) is 5.03. The molecule has 0 heterocycles. The minimum atomic E-state index is 0.0453. The number of hydrogen-bond donors (Lipinski definition) is 1. The van der Waals surface area contributed by atoms with Gasteiger partial charge in [-0.05, 0) is 24.6 Å². The minimum Gasteiger partial charge on any atom is -0.372 e. The largest absolute Gasteiger partial charge is 0.372 e. The first-order valence-corrected chi connectivity index (χ1v) is 5.03. The Morgan fingerprint density at radius 3 is 2.93 bits per heavy atom. The molecule has 2 nitrogen and oxygen atoms in total. The van der Waals surface area contributed by atoms with Crippen molar-refractivity contribution in [1.29, 1.82) is 5.26 Å². The fourth-order valence-electron chi connectivity index (χ4n) is 1.37. The highest BCUT2D eigenvalue weighted by molar-refractivity contribution is 5.50. The van der Waals surface area contributed by atoms with Crippen LogP contribution in [0.1, 0.15) is 25.3 Å². The van der Waals surface area contributed by atoms with E-state index in [4.69, 9.17) is 11.7 Å². The van der Waals surface area contributed by atoms with Gasteiger partial charge in [0.25, 0.3) is 0 Å². The van der Waals surface area contributed by atoms with E-state index in [0.717, 1.165) is 18.5 Å². The average molecular weight is 198 g/mol. The van der Waals surface area contributed by atoms with E-state index in [2.05, 4.69) is 24.2 Å². The van der Waals surface area contributed by atoms with Crippen molar-refractivity contribution in [2.45, 2.75) is 25.8 Å². The van der Waals surface area contributed by atoms with E-state index in [1.54, 1.807) is 12.1 Å². The van der Waals surface area contributed by atoms with E-state index in [1.807, 2.05) is 12.1 Å². The molecule has 1 N–H and O–H groups in total. The van der Waals surface area contributed by atoms with Gasteiger partial charge in [-0.15, -0.1) is 6.42 Å². The number of nitrogens with one attached hydrogen (secondary N) is 1. The van der Waals surface area contributed by atoms with Crippen LogP contribution in [0.2, 0.25) is 0 Å². The van der Waals surface area contributed by atoms with Crippen LogP contribution in [0.5, 0.6) is 0 Å². The Bertz CT molecular complexity index is 396. The van der Waals surface area contributed by atoms with Crippen LogP contribution >= 0.6 is 0 Å². The summed E-state index contributed by atoms with van der Waals surface area (Å²) in [5.74, 6) is 2.69. The van der Waals surface area contributed by atoms with Crippen molar-refractivity contribution in [3.8, 4) is 18.4 Å². The topological polar surface area (TPSA) is 35.8 Å². The highest BCUT2D eigenvalue weighted by atomic mass is 14.9. The van der Waals surface area contributed by atoms with Crippen LogP contribution < -0.4 is 5.32 Å². The predicted octanol–water partition coefficient (Wildman–Crippen LogP) is 2.77. The maximum atomic E-state index is 8.74. The van der Waals surface area contributed by atoms with Gasteiger partial charge in [-0.3, -0.25) is 0 Å². The van der Waals surface area contributed by atoms with Crippen molar-refractivity contribution >= 4 is 5.69 Å². The quantitative estimate of drug-likeness (QED) is 0.755. The van der Waals surface area contributed by atoms with Gasteiger partial charge in [-0.2, -0.15) is 5.26 Å². The second-order valence-corrected chi connectivity index (χ2v) is 3.34. The van der Waals surface area contributed by atoms with E-state index >= 15 is 0 Å². The van der Waals surface area contributed by atoms with Crippen LogP contribution in [0.4, 0.5) is 5.69 Å². The number of benzene rings is 1. The summed E-state index contributed by atoms with van der Waals surface area (Å²) in [6.07, 6.45) is 7.38. The molecule has 0 aromatic heterocycles. The SMILES string of the molecule is C#CC(CCC)Nc1cccc(C#N)c1. The Balaban J connectivity index is 2.72. The third kappa shape index (κ3) is 3.37. The molecule has 0 spiro atoms. The molecule has 0 saturated heterocycles. The summed E-state index contributed by atoms with van der Waals surface area (Å²) in [6.45, 7) is 2.09. The Hall–Kier alpha value is -1.93. The van der Waals surface area contributed by atoms with Crippen molar-refractivity contribution in [2.24, 2.45) is 0 Å². The fraction of sp³-hybridized carbons (Fsp3) is 0.308. The van der Waals surface area contributed by atoms with Gasteiger partial charge in [0.05, 0.1) is 17.7 Å². The van der Waals surface area contributed by atoms with E-state index in [-0.39, 0.29) is 6.04 Å². The van der Waals surface area contributed by atoms with Crippen molar-refractivity contribution < 1.29 is 0 Å². The predicted molar refractivity (Wildman–Crippen MR) is 62.3 cm³/mol. The van der Waals surface area contributed by atoms with Gasteiger partial charge in [0.15, 0.2) is 0 Å². The van der Waals surface area contributed by atoms with E-state index in [0.29, 0.717) is 5.56 Å². The summed E-state index contributed by atoms with van der Waals surface area (Å²) in [6, 6.07) is 9.49. The third-order valence-corrected chi connectivity index (χ3v) is 2.11. The lowest BCUT2D eigenvalue weighted by molar-refractivity contribution is 0.756. The molecule has 0 saturated carbocycles. The van der Waals surface area contributed by atoms with Crippen LogP contribution in [0.25, 0.3) is 0 Å². The monoisotopic (exact) mass is 198 g/mol. The van der Waals surface area contributed by atoms with Crippen LogP contribution in [0.15, 0.2) is 24.3 Å². The highest BCUT2D eigenvalue weighted by Crippen LogP contribution is 2.12. The summed E-state index contributed by atoms with van der Waals surface area (Å²) in [5, 5.41) is 12.0. The fourth-order valence-corrected chi connectivity index (χ4v) is 1.37. The van der Waals surface area contributed by atoms with Gasteiger partial charge >= 0.3 is 0 Å². The van der Waals surface area contributed by atoms with Crippen molar-refractivity contribution in [2.75, 3.05) is 5.32 Å². The number of hydrogen-bond acceptors (Lipinski definition) is 2. The summed E-state index contributed by atoms with van der Waals surface area (Å²) in [5.41, 5.74) is 1.55. The molecule has 0 bridgehead atoms. The molecule has 2 heteroatoms. The first-order chi connectivity index (χ1) is 7.30. The number of anilines is 1. The maximum Gasteiger partial charge on any atom is 0.0992 e. The van der Waals surface area contributed by atoms with Gasteiger partial charge < -0.3 is 5.32 Å². The normalized spacial score (nSPS) is 11.1. The number of rotatable bonds is 4. The summed E-state index contributed by atoms with van der Waals surface area (Å²) in [4.78, 5) is 0. The second-order valence-electron chi connectivity index (χ2n) is 3.34. The van der Waals surface area contributed by atoms with Crippen molar-refractivity contribution in [3.05, 3.63) is 29.8 Å². The Kier molecular flexibility index (Phi) is 4.26. The standard InChI is InChI=1S/C13H14N2/c1-3-6-12(4-2)15-13-8-5-7-11(9-13)10-14/h2,5,7-9,12,15H,3,6H2,1H3. The van der Waals surface area contributed by atoms with Crippen LogP contribution in [0, 0.1) is 23.7 Å². The molecule has 1 rings (SSSR count). The Morgan fingerprint density at radius 2 is 2.33 bits per heavy atom. The number of terminal acetylenes is 1. The van der Waals surface area contributed by atoms with E-state index < -0.39 is 0 Å². The molecular formula is C13H14N2. The van der Waals surface area contributed by atoms with Crippen LogP contribution in [0.3, 0.4) is 0 Å². The zero-order valence-electron chi connectivity index (χ0n) is 8.83. The first kappa shape index (κ1) is 11.1. The van der Waals surface area contributed by atoms with Crippen molar-refractivity contribution in [1.82, 2.24) is 0 Å². The molecule has 1 aromatic carbocycles. The lowest BCUT2D eigenvalue weighted by atomic mass is 10.1. The highest BCUT2D eigenvalue weighted by Gasteiger charge is 2.03. The lowest BCUT2D eigenvalue weighted by Gasteiger charge is -2.13. The third-order valence-electron chi connectivity index (χ3n) is 2.11. The van der Waals surface area contributed by atoms with Crippen LogP contribution in [-0.2, 0) is 0 Å². The van der Waals surface area contributed by atoms with Gasteiger partial charge in [0.1, 0.15) is 0 Å². The summed E-state index contributed by atoms with van der Waals surface area (Å²) < 4.78 is 0. The van der Waals surface area contributed by atoms with Gasteiger partial charge in [-0.25, -0.2) is 0 Å². The molecule has 1 aromatic rings. The zero-order valence-corrected chi connectivity index (χ0v) is 8.83. The van der Waals surface area contributed by atoms with Gasteiger partial charge in [0, 0.05) is 5.69 Å². The average Bonchev–Trinajstić information content (AvgIpc) is 2.29.